The van der Waals surface area contributed by atoms with E-state index in [1.54, 1.807) is 13.8 Å². The summed E-state index contributed by atoms with van der Waals surface area (Å²) >= 11 is 8.82. The van der Waals surface area contributed by atoms with Gasteiger partial charge in [-0.25, -0.2) is 19.2 Å². The lowest BCUT2D eigenvalue weighted by molar-refractivity contribution is -0.177. The van der Waals surface area contributed by atoms with E-state index in [0.717, 1.165) is 0 Å². The molecule has 304 valence electrons. The number of ether oxygens (including phenoxy) is 9. The largest absolute Gasteiger partial charge is 0.461 e. The number of esters is 5. The average molecular weight is 940 g/mol. The van der Waals surface area contributed by atoms with Crippen LogP contribution in [0.25, 0.3) is 0 Å². The van der Waals surface area contributed by atoms with E-state index in [1.807, 2.05) is 13.8 Å². The van der Waals surface area contributed by atoms with Crippen molar-refractivity contribution in [2.24, 2.45) is 0 Å². The molecule has 0 radical (unpaired) electrons. The number of aliphatic hydroxyl groups excluding tert-OH is 1. The van der Waals surface area contributed by atoms with Gasteiger partial charge in [-0.1, -0.05) is 46.7 Å². The molecule has 51 heavy (non-hydrogen) atoms. The molecule has 19 heteroatoms. The number of rotatable bonds is 23. The summed E-state index contributed by atoms with van der Waals surface area (Å²) in [4.78, 5) is 66.6. The summed E-state index contributed by atoms with van der Waals surface area (Å²) in [5.41, 5.74) is 0. The Labute approximate surface area is 327 Å². The lowest BCUT2D eigenvalue weighted by Crippen LogP contribution is -2.34. The SMILES string of the molecule is C.C.CC(Br)C(=O)Br.CCOCCOCCOC(=O)C(C)OC(=O)C(C)O.CCOCCOCCOC(=O)C(C)OC(=O)C(C)OC(=O)C(C)Br. The van der Waals surface area contributed by atoms with Crippen LogP contribution in [0.3, 0.4) is 0 Å². The standard InChI is InChI=1S/C15H25BrO8.C12H22O7.C3H4Br2O.2CH4/c1-5-20-6-7-21-8-9-22-14(18)11(3)24-15(19)12(4)23-13(17)10(2)16;1-4-16-5-6-17-7-8-18-12(15)10(3)19-11(14)9(2)13;1-2(4)3(5)6;;/h10-12H,5-9H2,1-4H3;9-10,13H,4-8H2,1-3H3;2H,1H3;2*1H4. The van der Waals surface area contributed by atoms with E-state index in [9.17, 15) is 28.8 Å². The van der Waals surface area contributed by atoms with Gasteiger partial charge < -0.3 is 47.7 Å². The van der Waals surface area contributed by atoms with Gasteiger partial charge in [-0.3, -0.25) is 9.59 Å². The smallest absolute Gasteiger partial charge is 0.347 e. The second-order valence-electron chi connectivity index (χ2n) is 9.40. The number of hydrogen-bond acceptors (Lipinski definition) is 16. The van der Waals surface area contributed by atoms with Gasteiger partial charge in [-0.05, 0) is 71.3 Å². The summed E-state index contributed by atoms with van der Waals surface area (Å²) in [5, 5.41) is 8.91. The van der Waals surface area contributed by atoms with Crippen LogP contribution >= 0.6 is 47.8 Å². The minimum absolute atomic E-state index is 0. The van der Waals surface area contributed by atoms with Crippen molar-refractivity contribution < 1.29 is 76.5 Å². The second kappa shape index (κ2) is 38.0. The van der Waals surface area contributed by atoms with Crippen molar-refractivity contribution in [3.05, 3.63) is 0 Å². The molecule has 0 spiro atoms. The number of carbonyl (C=O) groups is 6. The monoisotopic (exact) mass is 936 g/mol. The highest BCUT2D eigenvalue weighted by Crippen LogP contribution is 2.06. The van der Waals surface area contributed by atoms with Crippen molar-refractivity contribution in [1.29, 1.82) is 0 Å². The molecular formula is C32H59Br3O16. The summed E-state index contributed by atoms with van der Waals surface area (Å²) in [6.45, 7) is 16.1. The Hall–Kier alpha value is -1.74. The fourth-order valence-electron chi connectivity index (χ4n) is 2.32. The number of aliphatic hydroxyl groups is 1. The summed E-state index contributed by atoms with van der Waals surface area (Å²) in [6, 6.07) is 0. The van der Waals surface area contributed by atoms with Crippen LogP contribution in [0.4, 0.5) is 0 Å². The first kappa shape index (κ1) is 58.6. The molecule has 0 heterocycles. The maximum atomic E-state index is 11.7. The highest BCUT2D eigenvalue weighted by molar-refractivity contribution is 9.20. The maximum absolute atomic E-state index is 11.7. The van der Waals surface area contributed by atoms with E-state index in [1.165, 1.54) is 27.7 Å². The second-order valence-corrected chi connectivity index (χ2v) is 12.9. The Morgan fingerprint density at radius 1 is 0.490 bits per heavy atom. The highest BCUT2D eigenvalue weighted by atomic mass is 79.9. The van der Waals surface area contributed by atoms with Crippen LogP contribution in [-0.2, 0) is 71.4 Å². The number of carbonyl (C=O) groups excluding carboxylic acids is 6. The molecule has 1 N–H and O–H groups in total. The lowest BCUT2D eigenvalue weighted by Gasteiger charge is -2.17. The number of halogens is 3. The number of alkyl halides is 2. The van der Waals surface area contributed by atoms with Crippen LogP contribution < -0.4 is 0 Å². The fraction of sp³-hybridized carbons (Fsp3) is 0.812. The minimum atomic E-state index is -1.27. The van der Waals surface area contributed by atoms with Gasteiger partial charge >= 0.3 is 29.8 Å². The van der Waals surface area contributed by atoms with E-state index in [4.69, 9.17) is 43.0 Å². The van der Waals surface area contributed by atoms with Gasteiger partial charge in [0.1, 0.15) is 24.1 Å². The molecule has 0 aromatic carbocycles. The first-order valence-corrected chi connectivity index (χ1v) is 18.0. The Morgan fingerprint density at radius 2 is 0.784 bits per heavy atom. The lowest BCUT2D eigenvalue weighted by atomic mass is 10.3. The first-order valence-electron chi connectivity index (χ1n) is 15.3. The third-order valence-electron chi connectivity index (χ3n) is 4.95. The molecule has 0 aromatic rings. The van der Waals surface area contributed by atoms with Crippen molar-refractivity contribution in [2.45, 2.75) is 104 Å². The van der Waals surface area contributed by atoms with Crippen molar-refractivity contribution in [3.63, 3.8) is 0 Å². The fourth-order valence-corrected chi connectivity index (χ4v) is 2.43. The summed E-state index contributed by atoms with van der Waals surface area (Å²) in [5.74, 6) is -3.67. The molecular weight excluding hydrogens is 880 g/mol. The van der Waals surface area contributed by atoms with Crippen LogP contribution in [0.5, 0.6) is 0 Å². The maximum Gasteiger partial charge on any atom is 0.347 e. The molecule has 0 aromatic heterocycles. The molecule has 0 aliphatic carbocycles. The molecule has 0 rings (SSSR count). The van der Waals surface area contributed by atoms with Crippen LogP contribution in [-0.4, -0.2) is 140 Å². The van der Waals surface area contributed by atoms with E-state index >= 15 is 0 Å². The minimum Gasteiger partial charge on any atom is -0.461 e. The third-order valence-corrected chi connectivity index (χ3v) is 7.04. The zero-order valence-corrected chi connectivity index (χ0v) is 34.0. The van der Waals surface area contributed by atoms with Crippen molar-refractivity contribution in [1.82, 2.24) is 0 Å². The molecule has 0 saturated carbocycles. The van der Waals surface area contributed by atoms with Gasteiger partial charge in [-0.2, -0.15) is 0 Å². The normalized spacial score (nSPS) is 13.5. The van der Waals surface area contributed by atoms with Crippen LogP contribution in [0.2, 0.25) is 0 Å². The summed E-state index contributed by atoms with van der Waals surface area (Å²) in [6.07, 6.45) is -4.54. The van der Waals surface area contributed by atoms with Gasteiger partial charge in [0.2, 0.25) is 4.69 Å². The molecule has 6 unspecified atom stereocenters. The molecule has 6 atom stereocenters. The quantitative estimate of drug-likeness (QED) is 0.0504. The highest BCUT2D eigenvalue weighted by Gasteiger charge is 2.26. The molecule has 0 fully saturated rings. The Balaban J connectivity index is -0.000000234. The summed E-state index contributed by atoms with van der Waals surface area (Å²) in [7, 11) is 0. The zero-order valence-electron chi connectivity index (χ0n) is 29.2. The molecule has 0 aliphatic rings. The van der Waals surface area contributed by atoms with Crippen molar-refractivity contribution in [2.75, 3.05) is 66.1 Å². The Bertz CT molecular complexity index is 934. The Kier molecular flexibility index (Phi) is 43.6. The zero-order chi connectivity index (χ0) is 38.4. The molecule has 0 aliphatic heterocycles. The number of hydrogen-bond donors (Lipinski definition) is 1. The predicted octanol–water partition coefficient (Wildman–Crippen LogP) is 4.09. The van der Waals surface area contributed by atoms with Crippen LogP contribution in [0, 0.1) is 0 Å². The van der Waals surface area contributed by atoms with Gasteiger partial charge in [-0.15, -0.1) is 0 Å². The van der Waals surface area contributed by atoms with Gasteiger partial charge in [0.25, 0.3) is 0 Å². The van der Waals surface area contributed by atoms with E-state index in [-0.39, 0.29) is 50.8 Å². The van der Waals surface area contributed by atoms with Gasteiger partial charge in [0, 0.05) is 13.2 Å². The van der Waals surface area contributed by atoms with Gasteiger partial charge in [0.05, 0.1) is 44.5 Å². The van der Waals surface area contributed by atoms with E-state index in [2.05, 4.69) is 52.5 Å². The molecule has 16 nitrogen and oxygen atoms in total. The summed E-state index contributed by atoms with van der Waals surface area (Å²) < 4.78 is 44.6. The van der Waals surface area contributed by atoms with E-state index < -0.39 is 59.1 Å². The van der Waals surface area contributed by atoms with Crippen molar-refractivity contribution >= 4 is 82.3 Å². The average Bonchev–Trinajstić information content (AvgIpc) is 3.03. The molecule has 0 bridgehead atoms. The van der Waals surface area contributed by atoms with E-state index in [0.29, 0.717) is 39.6 Å². The van der Waals surface area contributed by atoms with Gasteiger partial charge in [0.15, 0.2) is 18.3 Å². The van der Waals surface area contributed by atoms with Crippen LogP contribution in [0.15, 0.2) is 0 Å². The predicted molar refractivity (Wildman–Crippen MR) is 199 cm³/mol. The first-order chi connectivity index (χ1) is 22.9. The molecule has 0 amide bonds. The molecule has 0 saturated heterocycles. The topological polar surface area (TPSA) is 206 Å². The Morgan fingerprint density at radius 3 is 1.10 bits per heavy atom. The van der Waals surface area contributed by atoms with Crippen LogP contribution in [0.1, 0.15) is 70.2 Å². The third kappa shape index (κ3) is 37.8. The van der Waals surface area contributed by atoms with Crippen molar-refractivity contribution in [3.8, 4) is 0 Å².